The van der Waals surface area contributed by atoms with E-state index in [0.29, 0.717) is 22.7 Å². The molecule has 28 heavy (non-hydrogen) atoms. The first-order chi connectivity index (χ1) is 13.5. The maximum absolute atomic E-state index is 12.9. The lowest BCUT2D eigenvalue weighted by Crippen LogP contribution is -2.20. The smallest absolute Gasteiger partial charge is 0.258 e. The third-order valence-electron chi connectivity index (χ3n) is 5.26. The van der Waals surface area contributed by atoms with Gasteiger partial charge in [0, 0.05) is 17.6 Å². The molecular formula is C22H23ClN2O3. The van der Waals surface area contributed by atoms with Gasteiger partial charge in [0.15, 0.2) is 0 Å². The van der Waals surface area contributed by atoms with Gasteiger partial charge in [-0.25, -0.2) is 0 Å². The number of fused-ring (bicyclic) bond motifs is 1. The van der Waals surface area contributed by atoms with Crippen LogP contribution in [0.3, 0.4) is 0 Å². The summed E-state index contributed by atoms with van der Waals surface area (Å²) < 4.78 is 12.9. The quantitative estimate of drug-likeness (QED) is 0.706. The van der Waals surface area contributed by atoms with Gasteiger partial charge in [-0.15, -0.1) is 0 Å². The maximum atomic E-state index is 12.9. The number of rotatable bonds is 5. The van der Waals surface area contributed by atoms with Crippen LogP contribution < -0.4 is 20.8 Å². The molecule has 3 aromatic rings. The van der Waals surface area contributed by atoms with Gasteiger partial charge in [0.1, 0.15) is 17.6 Å². The molecule has 5 nitrogen and oxygen atoms in total. The van der Waals surface area contributed by atoms with Crippen molar-refractivity contribution < 1.29 is 9.47 Å². The molecule has 0 unspecified atom stereocenters. The van der Waals surface area contributed by atoms with Gasteiger partial charge in [0.25, 0.3) is 5.56 Å². The van der Waals surface area contributed by atoms with Gasteiger partial charge in [-0.1, -0.05) is 23.7 Å². The average molecular weight is 399 g/mol. The number of hydrogen-bond donors (Lipinski definition) is 1. The van der Waals surface area contributed by atoms with Crippen LogP contribution in [0.2, 0.25) is 5.02 Å². The summed E-state index contributed by atoms with van der Waals surface area (Å²) in [4.78, 5) is 12.9. The Labute approximate surface area is 168 Å². The number of nitrogens with two attached hydrogens (primary N) is 1. The lowest BCUT2D eigenvalue weighted by Gasteiger charge is -2.16. The normalized spacial score (nSPS) is 19.1. The van der Waals surface area contributed by atoms with E-state index in [0.717, 1.165) is 36.0 Å². The lowest BCUT2D eigenvalue weighted by atomic mass is 10.1. The molecule has 146 valence electrons. The van der Waals surface area contributed by atoms with E-state index in [1.165, 1.54) is 0 Å². The van der Waals surface area contributed by atoms with Gasteiger partial charge in [0.05, 0.1) is 18.7 Å². The van der Waals surface area contributed by atoms with Crippen LogP contribution in [0.25, 0.3) is 10.8 Å². The monoisotopic (exact) mass is 398 g/mol. The summed E-state index contributed by atoms with van der Waals surface area (Å²) in [5.74, 6) is 1.40. The first-order valence-corrected chi connectivity index (χ1v) is 9.79. The predicted octanol–water partition coefficient (Wildman–Crippen LogP) is 3.97. The highest BCUT2D eigenvalue weighted by Crippen LogP contribution is 2.32. The summed E-state index contributed by atoms with van der Waals surface area (Å²) in [6, 6.07) is 13.3. The van der Waals surface area contributed by atoms with Gasteiger partial charge in [-0.05, 0) is 60.5 Å². The molecule has 1 heterocycles. The van der Waals surface area contributed by atoms with Crippen molar-refractivity contribution in [1.82, 2.24) is 4.57 Å². The number of aromatic nitrogens is 1. The van der Waals surface area contributed by atoms with E-state index in [2.05, 4.69) is 0 Å². The van der Waals surface area contributed by atoms with Crippen LogP contribution in [0, 0.1) is 0 Å². The molecule has 0 saturated heterocycles. The lowest BCUT2D eigenvalue weighted by molar-refractivity contribution is 0.208. The fourth-order valence-electron chi connectivity index (χ4n) is 3.69. The van der Waals surface area contributed by atoms with Crippen molar-refractivity contribution in [3.05, 3.63) is 69.6 Å². The topological polar surface area (TPSA) is 66.5 Å². The predicted molar refractivity (Wildman–Crippen MR) is 112 cm³/mol. The van der Waals surface area contributed by atoms with Crippen molar-refractivity contribution in [2.24, 2.45) is 5.73 Å². The van der Waals surface area contributed by atoms with Crippen molar-refractivity contribution in [3.8, 4) is 11.5 Å². The fraction of sp³-hybridized carbons (Fsp3) is 0.318. The van der Waals surface area contributed by atoms with E-state index in [4.69, 9.17) is 26.8 Å². The molecule has 6 heteroatoms. The molecule has 0 aliphatic heterocycles. The number of nitrogens with zero attached hydrogens (tertiary/aromatic N) is 1. The molecule has 2 aromatic carbocycles. The number of halogens is 1. The summed E-state index contributed by atoms with van der Waals surface area (Å²) in [7, 11) is 1.63. The van der Waals surface area contributed by atoms with Crippen LogP contribution in [-0.2, 0) is 6.54 Å². The Morgan fingerprint density at radius 2 is 1.96 bits per heavy atom. The van der Waals surface area contributed by atoms with E-state index < -0.39 is 0 Å². The number of methoxy groups -OCH3 is 1. The fourth-order valence-corrected chi connectivity index (χ4v) is 3.90. The van der Waals surface area contributed by atoms with Crippen molar-refractivity contribution in [2.75, 3.05) is 7.11 Å². The summed E-state index contributed by atoms with van der Waals surface area (Å²) in [5, 5.41) is 1.85. The Morgan fingerprint density at radius 3 is 2.64 bits per heavy atom. The molecule has 2 atom stereocenters. The molecule has 1 saturated carbocycles. The first kappa shape index (κ1) is 18.8. The number of benzene rings is 2. The van der Waals surface area contributed by atoms with Gasteiger partial charge < -0.3 is 19.8 Å². The van der Waals surface area contributed by atoms with Crippen molar-refractivity contribution in [3.63, 3.8) is 0 Å². The molecule has 1 fully saturated rings. The molecule has 0 bridgehead atoms. The summed E-state index contributed by atoms with van der Waals surface area (Å²) in [6.45, 7) is 0.481. The van der Waals surface area contributed by atoms with Crippen LogP contribution in [-0.4, -0.2) is 23.8 Å². The number of ether oxygens (including phenoxy) is 2. The van der Waals surface area contributed by atoms with Crippen molar-refractivity contribution in [2.45, 2.75) is 38.0 Å². The molecule has 0 radical (unpaired) electrons. The molecule has 1 aliphatic carbocycles. The third-order valence-corrected chi connectivity index (χ3v) is 5.56. The number of hydrogen-bond acceptors (Lipinski definition) is 4. The van der Waals surface area contributed by atoms with Crippen LogP contribution >= 0.6 is 11.6 Å². The van der Waals surface area contributed by atoms with Crippen LogP contribution in [0.4, 0.5) is 0 Å². The third kappa shape index (κ3) is 3.86. The molecule has 1 aliphatic rings. The van der Waals surface area contributed by atoms with Crippen LogP contribution in [0.1, 0.15) is 24.8 Å². The highest BCUT2D eigenvalue weighted by atomic mass is 35.5. The highest BCUT2D eigenvalue weighted by molar-refractivity contribution is 6.32. The Balaban J connectivity index is 1.61. The molecule has 1 aromatic heterocycles. The minimum absolute atomic E-state index is 0.0790. The second-order valence-electron chi connectivity index (χ2n) is 7.28. The van der Waals surface area contributed by atoms with Gasteiger partial charge in [-0.2, -0.15) is 0 Å². The molecule has 4 rings (SSSR count). The summed E-state index contributed by atoms with van der Waals surface area (Å²) in [6.07, 6.45) is 4.61. The van der Waals surface area contributed by atoms with Crippen molar-refractivity contribution in [1.29, 1.82) is 0 Å². The summed E-state index contributed by atoms with van der Waals surface area (Å²) in [5.41, 5.74) is 6.90. The minimum atomic E-state index is -0.0790. The first-order valence-electron chi connectivity index (χ1n) is 9.41. The molecule has 0 spiro atoms. The second kappa shape index (κ2) is 7.86. The summed E-state index contributed by atoms with van der Waals surface area (Å²) >= 11 is 6.42. The van der Waals surface area contributed by atoms with Crippen LogP contribution in [0.5, 0.6) is 11.5 Å². The zero-order chi connectivity index (χ0) is 19.7. The van der Waals surface area contributed by atoms with E-state index in [1.807, 2.05) is 36.4 Å². The number of pyridine rings is 1. The van der Waals surface area contributed by atoms with Crippen molar-refractivity contribution >= 4 is 22.4 Å². The zero-order valence-corrected chi connectivity index (χ0v) is 16.5. The van der Waals surface area contributed by atoms with E-state index >= 15 is 0 Å². The molecule has 0 amide bonds. The second-order valence-corrected chi connectivity index (χ2v) is 7.69. The van der Waals surface area contributed by atoms with Gasteiger partial charge in [-0.3, -0.25) is 4.79 Å². The molecule has 2 N–H and O–H groups in total. The Hall–Kier alpha value is -2.50. The Kier molecular flexibility index (Phi) is 5.29. The largest absolute Gasteiger partial charge is 0.497 e. The van der Waals surface area contributed by atoms with E-state index in [9.17, 15) is 4.79 Å². The van der Waals surface area contributed by atoms with E-state index in [-0.39, 0.29) is 17.7 Å². The Bertz CT molecular complexity index is 1050. The van der Waals surface area contributed by atoms with Gasteiger partial charge in [0.2, 0.25) is 0 Å². The van der Waals surface area contributed by atoms with E-state index in [1.54, 1.807) is 23.9 Å². The zero-order valence-electron chi connectivity index (χ0n) is 15.7. The Morgan fingerprint density at radius 1 is 1.18 bits per heavy atom. The van der Waals surface area contributed by atoms with Crippen LogP contribution in [0.15, 0.2) is 53.5 Å². The highest BCUT2D eigenvalue weighted by Gasteiger charge is 2.24. The molecular weight excluding hydrogens is 376 g/mol. The standard InChI is InChI=1S/C22H23ClN2O3/c1-27-17-5-2-14(3-6-17)13-25-9-8-15-10-21(20(23)12-19(15)22(25)26)28-18-7-4-16(24)11-18/h2-3,5-6,8-10,12,16,18H,4,7,11,13,24H2,1H3/t16-,18+/m1/s1. The minimum Gasteiger partial charge on any atom is -0.497 e. The average Bonchev–Trinajstić information content (AvgIpc) is 3.11. The van der Waals surface area contributed by atoms with Gasteiger partial charge >= 0.3 is 0 Å². The SMILES string of the molecule is COc1ccc(Cn2ccc3cc(O[C@H]4CC[C@@H](N)C4)c(Cl)cc3c2=O)cc1. The maximum Gasteiger partial charge on any atom is 0.258 e.